The number of carboxylic acid groups (broad SMARTS) is 1. The van der Waals surface area contributed by atoms with Crippen molar-refractivity contribution in [2.45, 2.75) is 59.1 Å². The van der Waals surface area contributed by atoms with E-state index in [0.717, 1.165) is 79.3 Å². The van der Waals surface area contributed by atoms with E-state index in [1.165, 1.54) is 5.56 Å². The van der Waals surface area contributed by atoms with Crippen LogP contribution >= 0.6 is 24.8 Å². The van der Waals surface area contributed by atoms with Gasteiger partial charge in [-0.2, -0.15) is 0 Å². The zero-order chi connectivity index (χ0) is 37.3. The number of rotatable bonds is 17. The molecule has 0 amide bonds. The van der Waals surface area contributed by atoms with Crippen molar-refractivity contribution in [1.29, 1.82) is 0 Å². The second-order valence-corrected chi connectivity index (χ2v) is 14.0. The van der Waals surface area contributed by atoms with Gasteiger partial charge in [0.15, 0.2) is 5.78 Å². The lowest BCUT2D eigenvalue weighted by atomic mass is 10.0. The van der Waals surface area contributed by atoms with Crippen LogP contribution in [0.25, 0.3) is 10.9 Å². The third-order valence-electron chi connectivity index (χ3n) is 9.96. The van der Waals surface area contributed by atoms with E-state index in [1.54, 1.807) is 0 Å². The van der Waals surface area contributed by atoms with Crippen molar-refractivity contribution in [2.24, 2.45) is 0 Å². The number of aliphatic carboxylic acids is 1. The smallest absolute Gasteiger partial charge is 0.303 e. The fourth-order valence-electron chi connectivity index (χ4n) is 7.07. The fourth-order valence-corrected chi connectivity index (χ4v) is 7.07. The first kappa shape index (κ1) is 43.0. The molecule has 1 fully saturated rings. The number of para-hydroxylation sites is 3. The lowest BCUT2D eigenvalue weighted by Crippen LogP contribution is -2.47. The van der Waals surface area contributed by atoms with E-state index in [-0.39, 0.29) is 43.1 Å². The summed E-state index contributed by atoms with van der Waals surface area (Å²) in [5.74, 6) is 0.680. The Morgan fingerprint density at radius 2 is 1.55 bits per heavy atom. The average molecular weight is 790 g/mol. The zero-order valence-electron chi connectivity index (χ0n) is 32.3. The highest BCUT2D eigenvalue weighted by molar-refractivity contribution is 6.16. The molecule has 0 spiro atoms. The molecule has 55 heavy (non-hydrogen) atoms. The molecule has 0 radical (unpaired) electrons. The number of ether oxygens (including phenoxy) is 2. The predicted molar refractivity (Wildman–Crippen MR) is 228 cm³/mol. The summed E-state index contributed by atoms with van der Waals surface area (Å²) < 4.78 is 14.6. The van der Waals surface area contributed by atoms with E-state index in [0.29, 0.717) is 36.4 Å². The third-order valence-corrected chi connectivity index (χ3v) is 9.96. The van der Waals surface area contributed by atoms with E-state index < -0.39 is 5.97 Å². The van der Waals surface area contributed by atoms with Gasteiger partial charge in [0.2, 0.25) is 0 Å². The number of carbonyl (C=O) groups is 2. The number of hydrogen-bond acceptors (Lipinski definition) is 7. The Labute approximate surface area is 337 Å². The molecule has 1 aliphatic rings. The van der Waals surface area contributed by atoms with Crippen molar-refractivity contribution in [3.8, 4) is 11.5 Å². The van der Waals surface area contributed by atoms with Crippen LogP contribution in [0.2, 0.25) is 0 Å². The number of aryl methyl sites for hydroxylation is 2. The largest absolute Gasteiger partial charge is 0.491 e. The van der Waals surface area contributed by atoms with Gasteiger partial charge in [0, 0.05) is 86.7 Å². The number of piperazine rings is 1. The van der Waals surface area contributed by atoms with Crippen LogP contribution in [0.1, 0.15) is 61.5 Å². The fraction of sp³-hybridized carbons (Fsp3) is 0.364. The Kier molecular flexibility index (Phi) is 15.9. The van der Waals surface area contributed by atoms with Gasteiger partial charge in [0.1, 0.15) is 11.5 Å². The minimum atomic E-state index is -0.826. The number of fused-ring (bicyclic) bond motifs is 1. The molecule has 0 aliphatic carbocycles. The summed E-state index contributed by atoms with van der Waals surface area (Å²) in [5.41, 5.74) is 6.41. The number of benzene rings is 4. The highest BCUT2D eigenvalue weighted by Gasteiger charge is 2.22. The van der Waals surface area contributed by atoms with Crippen LogP contribution in [-0.2, 0) is 17.8 Å². The summed E-state index contributed by atoms with van der Waals surface area (Å²) in [6.45, 7) is 12.0. The molecule has 0 bridgehead atoms. The van der Waals surface area contributed by atoms with E-state index in [2.05, 4.69) is 77.9 Å². The van der Waals surface area contributed by atoms with Crippen LogP contribution in [-0.4, -0.2) is 78.8 Å². The lowest BCUT2D eigenvalue weighted by Gasteiger charge is -2.37. The molecule has 4 aromatic carbocycles. The van der Waals surface area contributed by atoms with Crippen LogP contribution in [0.15, 0.2) is 97.2 Å². The standard InChI is InChI=1S/C44H52N4O5.2ClH/c1-5-33-17-20-35(21-18-33)45(4)39-22-19-34(44(51)37-31-48(24-10-16-43(49)50)38-13-7-6-12-36(37)38)30-42(39)52-29-11-23-46-25-27-47(28-26-46)40-14-8-9-15-41(40)53-32(2)3;;/h6-9,12-15,17-22,30-32H,5,10-11,16,23-29H2,1-4H3,(H,49,50);2*1H. The first-order chi connectivity index (χ1) is 25.7. The summed E-state index contributed by atoms with van der Waals surface area (Å²) in [4.78, 5) is 32.3. The van der Waals surface area contributed by atoms with Crippen LogP contribution in [0.4, 0.5) is 17.1 Å². The van der Waals surface area contributed by atoms with Crippen molar-refractivity contribution >= 4 is 64.5 Å². The summed E-state index contributed by atoms with van der Waals surface area (Å²) in [5, 5.41) is 10.0. The minimum Gasteiger partial charge on any atom is -0.491 e. The molecule has 1 N–H and O–H groups in total. The second-order valence-electron chi connectivity index (χ2n) is 14.0. The van der Waals surface area contributed by atoms with Crippen molar-refractivity contribution in [1.82, 2.24) is 9.47 Å². The van der Waals surface area contributed by atoms with E-state index in [1.807, 2.05) is 66.3 Å². The summed E-state index contributed by atoms with van der Waals surface area (Å²) in [6.07, 6.45) is 4.37. The van der Waals surface area contributed by atoms with Crippen LogP contribution in [0, 0.1) is 0 Å². The maximum Gasteiger partial charge on any atom is 0.303 e. The van der Waals surface area contributed by atoms with Crippen molar-refractivity contribution in [3.63, 3.8) is 0 Å². The third kappa shape index (κ3) is 10.7. The molecular formula is C44H54Cl2N4O5. The molecule has 294 valence electrons. The number of aromatic nitrogens is 1. The summed E-state index contributed by atoms with van der Waals surface area (Å²) >= 11 is 0. The monoisotopic (exact) mass is 788 g/mol. The average Bonchev–Trinajstić information content (AvgIpc) is 3.54. The van der Waals surface area contributed by atoms with Crippen molar-refractivity contribution in [2.75, 3.05) is 56.2 Å². The Morgan fingerprint density at radius 3 is 2.25 bits per heavy atom. The minimum absolute atomic E-state index is 0. The SMILES string of the molecule is CCc1ccc(N(C)c2ccc(C(=O)c3cn(CCCC(=O)O)c4ccccc34)cc2OCCCN2CCN(c3ccccc3OC(C)C)CC2)cc1.Cl.Cl. The van der Waals surface area contributed by atoms with E-state index >= 15 is 0 Å². The normalized spacial score (nSPS) is 12.9. The summed E-state index contributed by atoms with van der Waals surface area (Å²) in [6, 6.07) is 30.4. The van der Waals surface area contributed by atoms with Gasteiger partial charge < -0.3 is 28.9 Å². The number of ketones is 1. The topological polar surface area (TPSA) is 87.5 Å². The Bertz CT molecular complexity index is 2010. The van der Waals surface area contributed by atoms with Crippen LogP contribution in [0.3, 0.4) is 0 Å². The lowest BCUT2D eigenvalue weighted by molar-refractivity contribution is -0.137. The maximum atomic E-state index is 14.2. The number of halogens is 2. The van der Waals surface area contributed by atoms with Gasteiger partial charge >= 0.3 is 5.97 Å². The van der Waals surface area contributed by atoms with Gasteiger partial charge in [-0.05, 0) is 87.2 Å². The van der Waals surface area contributed by atoms with E-state index in [4.69, 9.17) is 14.6 Å². The van der Waals surface area contributed by atoms with Crippen LogP contribution < -0.4 is 19.3 Å². The molecule has 0 atom stereocenters. The quantitative estimate of drug-likeness (QED) is 0.0738. The molecule has 11 heteroatoms. The highest BCUT2D eigenvalue weighted by atomic mass is 35.5. The Hall–Kier alpha value is -4.70. The number of nitrogens with zero attached hydrogens (tertiary/aromatic N) is 4. The van der Waals surface area contributed by atoms with Gasteiger partial charge in [-0.3, -0.25) is 14.5 Å². The first-order valence-electron chi connectivity index (χ1n) is 18.9. The van der Waals surface area contributed by atoms with Crippen molar-refractivity contribution in [3.05, 3.63) is 114 Å². The molecule has 6 rings (SSSR count). The number of carboxylic acids is 1. The van der Waals surface area contributed by atoms with Gasteiger partial charge in [-0.1, -0.05) is 49.4 Å². The van der Waals surface area contributed by atoms with Gasteiger partial charge in [0.05, 0.1) is 24.1 Å². The van der Waals surface area contributed by atoms with Gasteiger partial charge in [0.25, 0.3) is 0 Å². The van der Waals surface area contributed by atoms with E-state index in [9.17, 15) is 9.59 Å². The van der Waals surface area contributed by atoms with Crippen LogP contribution in [0.5, 0.6) is 11.5 Å². The Balaban J connectivity index is 0.00000336. The second kappa shape index (κ2) is 20.3. The van der Waals surface area contributed by atoms with Gasteiger partial charge in [-0.15, -0.1) is 24.8 Å². The Morgan fingerprint density at radius 1 is 0.836 bits per heavy atom. The molecule has 1 aromatic heterocycles. The molecule has 0 saturated carbocycles. The zero-order valence-corrected chi connectivity index (χ0v) is 33.9. The number of anilines is 3. The molecular weight excluding hydrogens is 735 g/mol. The van der Waals surface area contributed by atoms with Crippen molar-refractivity contribution < 1.29 is 24.2 Å². The summed E-state index contributed by atoms with van der Waals surface area (Å²) in [7, 11) is 2.03. The van der Waals surface area contributed by atoms with Gasteiger partial charge in [-0.25, -0.2) is 0 Å². The molecule has 2 heterocycles. The first-order valence-corrected chi connectivity index (χ1v) is 18.9. The molecule has 1 saturated heterocycles. The molecule has 1 aliphatic heterocycles. The maximum absolute atomic E-state index is 14.2. The molecule has 0 unspecified atom stereocenters. The predicted octanol–water partition coefficient (Wildman–Crippen LogP) is 9.29. The molecule has 9 nitrogen and oxygen atoms in total. The number of hydrogen-bond donors (Lipinski definition) is 1. The number of carbonyl (C=O) groups excluding carboxylic acids is 1. The molecule has 5 aromatic rings. The highest BCUT2D eigenvalue weighted by Crippen LogP contribution is 2.36.